The molecular weight excluding hydrogens is 210 g/mol. The summed E-state index contributed by atoms with van der Waals surface area (Å²) in [4.78, 5) is 4.39. The van der Waals surface area contributed by atoms with Crippen LogP contribution in [0.5, 0.6) is 0 Å². The van der Waals surface area contributed by atoms with E-state index >= 15 is 0 Å². The van der Waals surface area contributed by atoms with Gasteiger partial charge in [-0.3, -0.25) is 0 Å². The number of nitrogens with zero attached hydrogens (tertiary/aromatic N) is 2. The Hall–Kier alpha value is -0.830. The molecule has 1 unspecified atom stereocenters. The zero-order chi connectivity index (χ0) is 12.9. The molecule has 0 fully saturated rings. The summed E-state index contributed by atoms with van der Waals surface area (Å²) in [6.07, 6.45) is 7.29. The van der Waals surface area contributed by atoms with Gasteiger partial charge in [-0.2, -0.15) is 0 Å². The van der Waals surface area contributed by atoms with Crippen LogP contribution < -0.4 is 5.32 Å². The molecule has 1 atom stereocenters. The fourth-order valence-corrected chi connectivity index (χ4v) is 2.17. The van der Waals surface area contributed by atoms with Crippen molar-refractivity contribution in [2.45, 2.75) is 53.0 Å². The van der Waals surface area contributed by atoms with Crippen LogP contribution >= 0.6 is 0 Å². The van der Waals surface area contributed by atoms with Gasteiger partial charge < -0.3 is 9.88 Å². The molecule has 0 aromatic carbocycles. The van der Waals surface area contributed by atoms with E-state index in [0.717, 1.165) is 19.4 Å². The van der Waals surface area contributed by atoms with Gasteiger partial charge in [-0.15, -0.1) is 0 Å². The van der Waals surface area contributed by atoms with Gasteiger partial charge in [-0.1, -0.05) is 27.7 Å². The number of aromatic nitrogens is 2. The third-order valence-electron chi connectivity index (χ3n) is 3.88. The van der Waals surface area contributed by atoms with Gasteiger partial charge in [0, 0.05) is 31.9 Å². The van der Waals surface area contributed by atoms with E-state index < -0.39 is 0 Å². The highest BCUT2D eigenvalue weighted by atomic mass is 15.0. The summed E-state index contributed by atoms with van der Waals surface area (Å²) in [5, 5.41) is 3.62. The van der Waals surface area contributed by atoms with E-state index in [9.17, 15) is 0 Å². The lowest BCUT2D eigenvalue weighted by atomic mass is 9.79. The van der Waals surface area contributed by atoms with Gasteiger partial charge in [0.2, 0.25) is 0 Å². The van der Waals surface area contributed by atoms with Gasteiger partial charge in [0.25, 0.3) is 0 Å². The van der Waals surface area contributed by atoms with E-state index in [1.165, 1.54) is 12.2 Å². The highest BCUT2D eigenvalue weighted by Gasteiger charge is 2.26. The Balaban J connectivity index is 2.59. The van der Waals surface area contributed by atoms with Gasteiger partial charge in [-0.05, 0) is 24.8 Å². The Kier molecular flexibility index (Phi) is 5.19. The molecule has 1 aromatic heterocycles. The van der Waals surface area contributed by atoms with Crippen molar-refractivity contribution in [3.05, 3.63) is 18.2 Å². The standard InChI is InChI=1S/C14H27N3/c1-6-14(3,4)12(15-7-2)8-9-13-16-10-11-17(13)5/h10-12,15H,6-9H2,1-5H3. The van der Waals surface area contributed by atoms with Crippen LogP contribution in [0.2, 0.25) is 0 Å². The third kappa shape index (κ3) is 3.84. The first kappa shape index (κ1) is 14.2. The van der Waals surface area contributed by atoms with Crippen molar-refractivity contribution in [2.75, 3.05) is 6.54 Å². The van der Waals surface area contributed by atoms with E-state index in [-0.39, 0.29) is 0 Å². The SMILES string of the molecule is CCNC(CCc1nccn1C)C(C)(C)CC. The maximum absolute atomic E-state index is 4.39. The topological polar surface area (TPSA) is 29.9 Å². The van der Waals surface area contributed by atoms with Gasteiger partial charge in [0.05, 0.1) is 0 Å². The predicted molar refractivity (Wildman–Crippen MR) is 73.1 cm³/mol. The first-order chi connectivity index (χ1) is 8.01. The first-order valence-corrected chi connectivity index (χ1v) is 6.70. The number of aryl methyl sites for hydroxylation is 2. The molecule has 0 aliphatic heterocycles. The number of imidazole rings is 1. The first-order valence-electron chi connectivity index (χ1n) is 6.70. The minimum absolute atomic E-state index is 0.348. The smallest absolute Gasteiger partial charge is 0.108 e. The summed E-state index contributed by atoms with van der Waals surface area (Å²) in [7, 11) is 2.07. The summed E-state index contributed by atoms with van der Waals surface area (Å²) in [6, 6.07) is 0.564. The van der Waals surface area contributed by atoms with Crippen molar-refractivity contribution in [2.24, 2.45) is 12.5 Å². The summed E-state index contributed by atoms with van der Waals surface area (Å²) in [6.45, 7) is 10.2. The molecule has 3 heteroatoms. The summed E-state index contributed by atoms with van der Waals surface area (Å²) >= 11 is 0. The Morgan fingerprint density at radius 3 is 2.59 bits per heavy atom. The Labute approximate surface area is 106 Å². The maximum atomic E-state index is 4.39. The molecule has 1 heterocycles. The largest absolute Gasteiger partial charge is 0.338 e. The van der Waals surface area contributed by atoms with Crippen molar-refractivity contribution in [1.82, 2.24) is 14.9 Å². The molecule has 0 radical (unpaired) electrons. The molecule has 0 aliphatic rings. The molecule has 1 N–H and O–H groups in total. The molecule has 0 spiro atoms. The van der Waals surface area contributed by atoms with Crippen LogP contribution in [0.1, 0.15) is 46.4 Å². The molecule has 1 aromatic rings. The highest BCUT2D eigenvalue weighted by Crippen LogP contribution is 2.27. The van der Waals surface area contributed by atoms with Crippen molar-refractivity contribution in [1.29, 1.82) is 0 Å². The van der Waals surface area contributed by atoms with Crippen molar-refractivity contribution in [3.8, 4) is 0 Å². The van der Waals surface area contributed by atoms with E-state index in [1.54, 1.807) is 0 Å². The van der Waals surface area contributed by atoms with Crippen LogP contribution in [-0.4, -0.2) is 22.1 Å². The summed E-state index contributed by atoms with van der Waals surface area (Å²) < 4.78 is 2.11. The minimum Gasteiger partial charge on any atom is -0.338 e. The Bertz CT molecular complexity index is 328. The molecular formula is C14H27N3. The van der Waals surface area contributed by atoms with Crippen LogP contribution in [0, 0.1) is 5.41 Å². The average molecular weight is 237 g/mol. The van der Waals surface area contributed by atoms with E-state index in [4.69, 9.17) is 0 Å². The molecule has 17 heavy (non-hydrogen) atoms. The monoisotopic (exact) mass is 237 g/mol. The Morgan fingerprint density at radius 1 is 1.41 bits per heavy atom. The van der Waals surface area contributed by atoms with Crippen LogP contribution in [0.3, 0.4) is 0 Å². The van der Waals surface area contributed by atoms with E-state index in [2.05, 4.69) is 49.6 Å². The summed E-state index contributed by atoms with van der Waals surface area (Å²) in [5.41, 5.74) is 0.348. The quantitative estimate of drug-likeness (QED) is 0.790. The zero-order valence-corrected chi connectivity index (χ0v) is 12.0. The van der Waals surface area contributed by atoms with Crippen LogP contribution in [0.15, 0.2) is 12.4 Å². The molecule has 0 saturated carbocycles. The predicted octanol–water partition coefficient (Wildman–Crippen LogP) is 2.77. The second kappa shape index (κ2) is 6.20. The van der Waals surface area contributed by atoms with Gasteiger partial charge in [-0.25, -0.2) is 4.98 Å². The molecule has 0 bridgehead atoms. The van der Waals surface area contributed by atoms with Gasteiger partial charge in [0.1, 0.15) is 5.82 Å². The minimum atomic E-state index is 0.348. The maximum Gasteiger partial charge on any atom is 0.108 e. The van der Waals surface area contributed by atoms with Crippen LogP contribution in [0.4, 0.5) is 0 Å². The lowest BCUT2D eigenvalue weighted by molar-refractivity contribution is 0.222. The summed E-state index contributed by atoms with van der Waals surface area (Å²) in [5.74, 6) is 1.18. The number of hydrogen-bond acceptors (Lipinski definition) is 2. The number of rotatable bonds is 7. The fourth-order valence-electron chi connectivity index (χ4n) is 2.17. The molecule has 98 valence electrons. The van der Waals surface area contributed by atoms with Crippen molar-refractivity contribution in [3.63, 3.8) is 0 Å². The molecule has 0 aliphatic carbocycles. The highest BCUT2D eigenvalue weighted by molar-refractivity contribution is 4.94. The van der Waals surface area contributed by atoms with Gasteiger partial charge >= 0.3 is 0 Å². The normalized spacial score (nSPS) is 13.9. The number of hydrogen-bond donors (Lipinski definition) is 1. The second-order valence-corrected chi connectivity index (χ2v) is 5.45. The third-order valence-corrected chi connectivity index (χ3v) is 3.88. The van der Waals surface area contributed by atoms with E-state index in [0.29, 0.717) is 11.5 Å². The van der Waals surface area contributed by atoms with Crippen molar-refractivity contribution < 1.29 is 0 Å². The molecule has 0 amide bonds. The second-order valence-electron chi connectivity index (χ2n) is 5.45. The van der Waals surface area contributed by atoms with Gasteiger partial charge in [0.15, 0.2) is 0 Å². The fraction of sp³-hybridized carbons (Fsp3) is 0.786. The van der Waals surface area contributed by atoms with Crippen LogP contribution in [-0.2, 0) is 13.5 Å². The molecule has 1 rings (SSSR count). The van der Waals surface area contributed by atoms with Crippen molar-refractivity contribution >= 4 is 0 Å². The van der Waals surface area contributed by atoms with Crippen LogP contribution in [0.25, 0.3) is 0 Å². The molecule has 0 saturated heterocycles. The lowest BCUT2D eigenvalue weighted by Crippen LogP contribution is -2.42. The lowest BCUT2D eigenvalue weighted by Gasteiger charge is -2.34. The van der Waals surface area contributed by atoms with E-state index in [1.807, 2.05) is 12.4 Å². The average Bonchev–Trinajstić information content (AvgIpc) is 2.70. The zero-order valence-electron chi connectivity index (χ0n) is 12.0. The Morgan fingerprint density at radius 2 is 2.12 bits per heavy atom. The molecule has 3 nitrogen and oxygen atoms in total. The number of nitrogens with one attached hydrogen (secondary N) is 1.